The van der Waals surface area contributed by atoms with Crippen molar-refractivity contribution in [1.29, 1.82) is 0 Å². The molecule has 0 saturated heterocycles. The molecule has 248 valence electrons. The Morgan fingerprint density at radius 1 is 0.358 bits per heavy atom. The standard InChI is InChI=1S/C48H31N5/c1-5-13-32(14-6-1)38-27-39(33-15-7-2-8-16-33)29-40(28-38)45-31-44(35-17-9-3-10-18-35)49-48(50-45)37-24-22-34-21-23-36-25-26-43-47(46(36)42(34)30-37)52-53(51-43)41-19-11-4-12-20-41/h1-31H. The van der Waals surface area contributed by atoms with Crippen LogP contribution in [0.1, 0.15) is 0 Å². The van der Waals surface area contributed by atoms with Crippen LogP contribution in [-0.2, 0) is 0 Å². The Bertz CT molecular complexity index is 2860. The SMILES string of the molecule is c1ccc(-c2cc(-c3ccccc3)cc(-c3cc(-c4ccccc4)nc(-c4ccc5ccc6ccc7nn(-c8ccccc8)nc7c6c5c4)n3)c2)cc1. The molecule has 10 aromatic rings. The molecule has 0 N–H and O–H groups in total. The Hall–Kier alpha value is -7.24. The van der Waals surface area contributed by atoms with Gasteiger partial charge in [-0.1, -0.05) is 140 Å². The van der Waals surface area contributed by atoms with Gasteiger partial charge >= 0.3 is 0 Å². The van der Waals surface area contributed by atoms with Gasteiger partial charge in [-0.25, -0.2) is 9.97 Å². The van der Waals surface area contributed by atoms with Gasteiger partial charge in [-0.3, -0.25) is 0 Å². The summed E-state index contributed by atoms with van der Waals surface area (Å²) in [6, 6.07) is 65.3. The molecule has 0 bridgehead atoms. The van der Waals surface area contributed by atoms with Crippen LogP contribution in [0.4, 0.5) is 0 Å². The van der Waals surface area contributed by atoms with Crippen LogP contribution in [-0.4, -0.2) is 25.0 Å². The van der Waals surface area contributed by atoms with Crippen LogP contribution in [0.5, 0.6) is 0 Å². The smallest absolute Gasteiger partial charge is 0.160 e. The molecule has 5 heteroatoms. The van der Waals surface area contributed by atoms with E-state index in [1.807, 2.05) is 42.5 Å². The normalized spacial score (nSPS) is 11.4. The zero-order valence-corrected chi connectivity index (χ0v) is 28.6. The minimum absolute atomic E-state index is 0.659. The van der Waals surface area contributed by atoms with Crippen molar-refractivity contribution in [3.05, 3.63) is 188 Å². The van der Waals surface area contributed by atoms with Crippen LogP contribution in [0.2, 0.25) is 0 Å². The number of fused-ring (bicyclic) bond motifs is 5. The fraction of sp³-hybridized carbons (Fsp3) is 0. The molecule has 0 radical (unpaired) electrons. The lowest BCUT2D eigenvalue weighted by molar-refractivity contribution is 0.766. The number of benzene rings is 8. The second kappa shape index (κ2) is 12.8. The van der Waals surface area contributed by atoms with E-state index < -0.39 is 0 Å². The Balaban J connectivity index is 1.19. The third-order valence-electron chi connectivity index (χ3n) is 9.84. The molecule has 0 aliphatic rings. The van der Waals surface area contributed by atoms with Crippen molar-refractivity contribution in [3.8, 4) is 61.8 Å². The molecule has 0 unspecified atom stereocenters. The molecule has 2 aromatic heterocycles. The second-order valence-electron chi connectivity index (χ2n) is 13.2. The summed E-state index contributed by atoms with van der Waals surface area (Å²) in [5.74, 6) is 0.659. The maximum Gasteiger partial charge on any atom is 0.160 e. The average Bonchev–Trinajstić information content (AvgIpc) is 3.69. The largest absolute Gasteiger partial charge is 0.228 e. The van der Waals surface area contributed by atoms with Gasteiger partial charge < -0.3 is 0 Å². The fourth-order valence-electron chi connectivity index (χ4n) is 7.18. The lowest BCUT2D eigenvalue weighted by atomic mass is 9.94. The first-order valence-corrected chi connectivity index (χ1v) is 17.7. The molecule has 0 amide bonds. The van der Waals surface area contributed by atoms with E-state index in [2.05, 4.69) is 146 Å². The van der Waals surface area contributed by atoms with Gasteiger partial charge in [0.2, 0.25) is 0 Å². The zero-order chi connectivity index (χ0) is 35.1. The number of hydrogen-bond acceptors (Lipinski definition) is 4. The van der Waals surface area contributed by atoms with Crippen LogP contribution in [0.15, 0.2) is 188 Å². The lowest BCUT2D eigenvalue weighted by Crippen LogP contribution is -1.97. The molecule has 0 spiro atoms. The first-order valence-electron chi connectivity index (χ1n) is 17.7. The molecule has 0 aliphatic carbocycles. The van der Waals surface area contributed by atoms with Crippen LogP contribution >= 0.6 is 0 Å². The summed E-state index contributed by atoms with van der Waals surface area (Å²) in [6.45, 7) is 0. The molecule has 0 fully saturated rings. The summed E-state index contributed by atoms with van der Waals surface area (Å²) in [5.41, 5.74) is 11.9. The summed E-state index contributed by atoms with van der Waals surface area (Å²) in [4.78, 5) is 12.3. The molecule has 0 atom stereocenters. The Kier molecular flexibility index (Phi) is 7.40. The zero-order valence-electron chi connectivity index (χ0n) is 28.6. The summed E-state index contributed by atoms with van der Waals surface area (Å²) in [6.07, 6.45) is 0. The molecule has 53 heavy (non-hydrogen) atoms. The number of para-hydroxylation sites is 1. The van der Waals surface area contributed by atoms with Crippen molar-refractivity contribution >= 4 is 32.6 Å². The van der Waals surface area contributed by atoms with Crippen molar-refractivity contribution in [1.82, 2.24) is 25.0 Å². The lowest BCUT2D eigenvalue weighted by Gasteiger charge is -2.13. The van der Waals surface area contributed by atoms with Crippen molar-refractivity contribution in [2.45, 2.75) is 0 Å². The minimum Gasteiger partial charge on any atom is -0.228 e. The minimum atomic E-state index is 0.659. The predicted octanol–water partition coefficient (Wildman–Crippen LogP) is 11.9. The van der Waals surface area contributed by atoms with E-state index in [1.54, 1.807) is 4.80 Å². The van der Waals surface area contributed by atoms with Gasteiger partial charge in [-0.05, 0) is 86.9 Å². The van der Waals surface area contributed by atoms with E-state index >= 15 is 0 Å². The van der Waals surface area contributed by atoms with Crippen LogP contribution in [0.3, 0.4) is 0 Å². The van der Waals surface area contributed by atoms with Crippen molar-refractivity contribution in [3.63, 3.8) is 0 Å². The number of rotatable bonds is 6. The predicted molar refractivity (Wildman–Crippen MR) is 217 cm³/mol. The maximum absolute atomic E-state index is 5.32. The van der Waals surface area contributed by atoms with Gasteiger partial charge in [0.05, 0.1) is 17.1 Å². The highest BCUT2D eigenvalue weighted by Crippen LogP contribution is 2.37. The van der Waals surface area contributed by atoms with E-state index in [0.29, 0.717) is 5.82 Å². The second-order valence-corrected chi connectivity index (χ2v) is 13.2. The molecular weight excluding hydrogens is 647 g/mol. The van der Waals surface area contributed by atoms with Crippen LogP contribution < -0.4 is 0 Å². The molecule has 10 rings (SSSR count). The number of nitrogens with zero attached hydrogens (tertiary/aromatic N) is 5. The molecule has 0 saturated carbocycles. The Labute approximate surface area is 306 Å². The Morgan fingerprint density at radius 2 is 0.887 bits per heavy atom. The maximum atomic E-state index is 5.32. The van der Waals surface area contributed by atoms with Crippen molar-refractivity contribution in [2.75, 3.05) is 0 Å². The van der Waals surface area contributed by atoms with Gasteiger partial charge in [0, 0.05) is 22.1 Å². The van der Waals surface area contributed by atoms with E-state index in [1.165, 1.54) is 0 Å². The molecule has 2 heterocycles. The first-order chi connectivity index (χ1) is 26.2. The molecular formula is C48H31N5. The quantitative estimate of drug-likeness (QED) is 0.164. The third-order valence-corrected chi connectivity index (χ3v) is 9.84. The highest BCUT2D eigenvalue weighted by molar-refractivity contribution is 6.18. The third kappa shape index (κ3) is 5.71. The summed E-state index contributed by atoms with van der Waals surface area (Å²) >= 11 is 0. The molecule has 5 nitrogen and oxygen atoms in total. The fourth-order valence-corrected chi connectivity index (χ4v) is 7.18. The van der Waals surface area contributed by atoms with E-state index in [0.717, 1.165) is 88.6 Å². The average molecular weight is 678 g/mol. The van der Waals surface area contributed by atoms with Crippen molar-refractivity contribution < 1.29 is 0 Å². The van der Waals surface area contributed by atoms with E-state index in [-0.39, 0.29) is 0 Å². The highest BCUT2D eigenvalue weighted by atomic mass is 15.5. The first kappa shape index (κ1) is 30.6. The van der Waals surface area contributed by atoms with Crippen LogP contribution in [0, 0.1) is 0 Å². The van der Waals surface area contributed by atoms with Gasteiger partial charge in [-0.2, -0.15) is 4.80 Å². The van der Waals surface area contributed by atoms with E-state index in [4.69, 9.17) is 20.2 Å². The number of hydrogen-bond donors (Lipinski definition) is 0. The Morgan fingerprint density at radius 3 is 1.55 bits per heavy atom. The van der Waals surface area contributed by atoms with Crippen LogP contribution in [0.25, 0.3) is 94.4 Å². The summed E-state index contributed by atoms with van der Waals surface area (Å²) < 4.78 is 0. The van der Waals surface area contributed by atoms with Gasteiger partial charge in [-0.15, -0.1) is 10.2 Å². The van der Waals surface area contributed by atoms with Gasteiger partial charge in [0.1, 0.15) is 11.0 Å². The summed E-state index contributed by atoms with van der Waals surface area (Å²) in [7, 11) is 0. The van der Waals surface area contributed by atoms with E-state index in [9.17, 15) is 0 Å². The van der Waals surface area contributed by atoms with Crippen molar-refractivity contribution in [2.24, 2.45) is 0 Å². The number of aromatic nitrogens is 5. The summed E-state index contributed by atoms with van der Waals surface area (Å²) in [5, 5.41) is 14.2. The monoisotopic (exact) mass is 677 g/mol. The van der Waals surface area contributed by atoms with Gasteiger partial charge in [0.25, 0.3) is 0 Å². The molecule has 8 aromatic carbocycles. The topological polar surface area (TPSA) is 56.5 Å². The highest BCUT2D eigenvalue weighted by Gasteiger charge is 2.16. The molecule has 0 aliphatic heterocycles. The van der Waals surface area contributed by atoms with Gasteiger partial charge in [0.15, 0.2) is 5.82 Å².